The van der Waals surface area contributed by atoms with Crippen LogP contribution in [-0.2, 0) is 11.7 Å². The van der Waals surface area contributed by atoms with Crippen LogP contribution in [0.2, 0.25) is 0 Å². The van der Waals surface area contributed by atoms with E-state index < -0.39 is 17.3 Å². The molecule has 2 nitrogen and oxygen atoms in total. The van der Waals surface area contributed by atoms with Gasteiger partial charge >= 0.3 is 6.18 Å². The summed E-state index contributed by atoms with van der Waals surface area (Å²) in [5, 5.41) is 0. The van der Waals surface area contributed by atoms with Gasteiger partial charge in [-0.3, -0.25) is 4.79 Å². The Morgan fingerprint density at radius 1 is 1.27 bits per heavy atom. The van der Waals surface area contributed by atoms with Gasteiger partial charge in [0.05, 0.1) is 11.1 Å². The number of halogens is 3. The summed E-state index contributed by atoms with van der Waals surface area (Å²) in [6, 6.07) is 3.65. The fourth-order valence-corrected chi connectivity index (χ4v) is 4.03. The number of amides is 1. The van der Waals surface area contributed by atoms with E-state index >= 15 is 0 Å². The van der Waals surface area contributed by atoms with Gasteiger partial charge in [0.1, 0.15) is 0 Å². The van der Waals surface area contributed by atoms with Crippen LogP contribution in [0.4, 0.5) is 13.2 Å². The SMILES string of the molecule is CCC1CCC2(CC1)c1ccc(C(F)(F)F)cc1C(=O)N2C. The van der Waals surface area contributed by atoms with Crippen LogP contribution in [0.1, 0.15) is 60.5 Å². The maximum atomic E-state index is 12.9. The number of carbonyl (C=O) groups excluding carboxylic acids is 1. The summed E-state index contributed by atoms with van der Waals surface area (Å²) < 4.78 is 38.7. The molecule has 1 fully saturated rings. The molecule has 3 rings (SSSR count). The zero-order chi connectivity index (χ0) is 16.1. The lowest BCUT2D eigenvalue weighted by Gasteiger charge is -2.42. The first-order valence-corrected chi connectivity index (χ1v) is 7.79. The molecule has 5 heteroatoms. The molecule has 0 saturated heterocycles. The number of hydrogen-bond donors (Lipinski definition) is 0. The molecule has 0 radical (unpaired) electrons. The first kappa shape index (κ1) is 15.4. The topological polar surface area (TPSA) is 20.3 Å². The normalized spacial score (nSPS) is 28.3. The molecule has 1 aromatic carbocycles. The number of benzene rings is 1. The first-order valence-electron chi connectivity index (χ1n) is 7.79. The van der Waals surface area contributed by atoms with E-state index in [-0.39, 0.29) is 11.5 Å². The predicted octanol–water partition coefficient (Wildman–Crippen LogP) is 4.59. The van der Waals surface area contributed by atoms with Crippen molar-refractivity contribution in [2.24, 2.45) is 5.92 Å². The summed E-state index contributed by atoms with van der Waals surface area (Å²) in [5.74, 6) is 0.378. The van der Waals surface area contributed by atoms with Crippen molar-refractivity contribution in [3.63, 3.8) is 0 Å². The Bertz CT molecular complexity index is 600. The number of rotatable bonds is 1. The predicted molar refractivity (Wildman–Crippen MR) is 77.5 cm³/mol. The van der Waals surface area contributed by atoms with E-state index in [1.165, 1.54) is 6.07 Å². The molecule has 22 heavy (non-hydrogen) atoms. The summed E-state index contributed by atoms with van der Waals surface area (Å²) in [4.78, 5) is 14.1. The van der Waals surface area contributed by atoms with Gasteiger partial charge in [0.2, 0.25) is 0 Å². The summed E-state index contributed by atoms with van der Waals surface area (Å²) in [6.07, 6.45) is 0.429. The molecule has 1 aliphatic carbocycles. The number of hydrogen-bond acceptors (Lipinski definition) is 1. The number of fused-ring (bicyclic) bond motifs is 2. The number of carbonyl (C=O) groups is 1. The molecular weight excluding hydrogens is 291 g/mol. The Morgan fingerprint density at radius 3 is 2.45 bits per heavy atom. The third-order valence-electron chi connectivity index (χ3n) is 5.54. The maximum absolute atomic E-state index is 12.9. The molecular formula is C17H20F3NO. The average molecular weight is 311 g/mol. The molecule has 1 amide bonds. The second-order valence-electron chi connectivity index (χ2n) is 6.51. The number of nitrogens with zero attached hydrogens (tertiary/aromatic N) is 1. The molecule has 1 spiro atoms. The van der Waals surface area contributed by atoms with Gasteiger partial charge in [0.25, 0.3) is 5.91 Å². The van der Waals surface area contributed by atoms with Crippen LogP contribution in [-0.4, -0.2) is 17.9 Å². The zero-order valence-electron chi connectivity index (χ0n) is 12.8. The van der Waals surface area contributed by atoms with Crippen molar-refractivity contribution >= 4 is 5.91 Å². The van der Waals surface area contributed by atoms with Crippen LogP contribution in [0.25, 0.3) is 0 Å². The van der Waals surface area contributed by atoms with Gasteiger partial charge in [0, 0.05) is 12.6 Å². The smallest absolute Gasteiger partial charge is 0.332 e. The Hall–Kier alpha value is -1.52. The average Bonchev–Trinajstić information content (AvgIpc) is 2.70. The van der Waals surface area contributed by atoms with Crippen LogP contribution >= 0.6 is 0 Å². The van der Waals surface area contributed by atoms with Gasteiger partial charge in [0.15, 0.2) is 0 Å². The second kappa shape index (κ2) is 5.00. The Labute approximate surface area is 128 Å². The quantitative estimate of drug-likeness (QED) is 0.743. The monoisotopic (exact) mass is 311 g/mol. The second-order valence-corrected chi connectivity index (χ2v) is 6.51. The lowest BCUT2D eigenvalue weighted by molar-refractivity contribution is -0.137. The zero-order valence-corrected chi connectivity index (χ0v) is 12.8. The van der Waals surface area contributed by atoms with E-state index in [0.29, 0.717) is 5.92 Å². The van der Waals surface area contributed by atoms with E-state index in [9.17, 15) is 18.0 Å². The molecule has 0 aromatic heterocycles. The van der Waals surface area contributed by atoms with E-state index in [2.05, 4.69) is 6.92 Å². The molecule has 0 unspecified atom stereocenters. The third-order valence-corrected chi connectivity index (χ3v) is 5.54. The highest BCUT2D eigenvalue weighted by Crippen LogP contribution is 2.50. The van der Waals surface area contributed by atoms with Gasteiger partial charge < -0.3 is 4.90 Å². The Balaban J connectivity index is 2.02. The molecule has 0 atom stereocenters. The molecule has 0 N–H and O–H groups in total. The van der Waals surface area contributed by atoms with Crippen LogP contribution in [0.3, 0.4) is 0 Å². The summed E-state index contributed by atoms with van der Waals surface area (Å²) in [7, 11) is 1.72. The van der Waals surface area contributed by atoms with Crippen LogP contribution in [0.5, 0.6) is 0 Å². The maximum Gasteiger partial charge on any atom is 0.416 e. The van der Waals surface area contributed by atoms with E-state index in [1.807, 2.05) is 0 Å². The molecule has 1 aliphatic heterocycles. The molecule has 0 bridgehead atoms. The van der Waals surface area contributed by atoms with Crippen molar-refractivity contribution in [3.05, 3.63) is 34.9 Å². The minimum absolute atomic E-state index is 0.229. The van der Waals surface area contributed by atoms with Crippen LogP contribution in [0, 0.1) is 5.92 Å². The molecule has 2 aliphatic rings. The summed E-state index contributed by atoms with van der Waals surface area (Å²) in [6.45, 7) is 2.16. The molecule has 120 valence electrons. The van der Waals surface area contributed by atoms with Crippen molar-refractivity contribution in [3.8, 4) is 0 Å². The van der Waals surface area contributed by atoms with Gasteiger partial charge in [-0.25, -0.2) is 0 Å². The van der Waals surface area contributed by atoms with Crippen molar-refractivity contribution in [1.29, 1.82) is 0 Å². The van der Waals surface area contributed by atoms with E-state index in [0.717, 1.165) is 49.8 Å². The van der Waals surface area contributed by atoms with Gasteiger partial charge in [-0.1, -0.05) is 19.4 Å². The minimum atomic E-state index is -4.41. The largest absolute Gasteiger partial charge is 0.416 e. The standard InChI is InChI=1S/C17H20F3NO/c1-3-11-6-8-16(9-7-11)14-5-4-12(17(18,19)20)10-13(14)15(22)21(16)2/h4-5,10-11H,3,6-9H2,1-2H3. The Kier molecular flexibility index (Phi) is 3.49. The van der Waals surface area contributed by atoms with Crippen molar-refractivity contribution in [2.45, 2.75) is 50.7 Å². The lowest BCUT2D eigenvalue weighted by atomic mass is 9.72. The molecule has 1 aromatic rings. The highest BCUT2D eigenvalue weighted by atomic mass is 19.4. The lowest BCUT2D eigenvalue weighted by Crippen LogP contribution is -2.43. The highest BCUT2D eigenvalue weighted by Gasteiger charge is 2.49. The van der Waals surface area contributed by atoms with E-state index in [1.54, 1.807) is 11.9 Å². The molecule has 1 heterocycles. The first-order chi connectivity index (χ1) is 10.3. The van der Waals surface area contributed by atoms with Crippen molar-refractivity contribution in [1.82, 2.24) is 4.90 Å². The fourth-order valence-electron chi connectivity index (χ4n) is 4.03. The Morgan fingerprint density at radius 2 is 1.91 bits per heavy atom. The van der Waals surface area contributed by atoms with Crippen LogP contribution < -0.4 is 0 Å². The minimum Gasteiger partial charge on any atom is -0.332 e. The number of alkyl halides is 3. The van der Waals surface area contributed by atoms with Gasteiger partial charge in [-0.2, -0.15) is 13.2 Å². The van der Waals surface area contributed by atoms with Gasteiger partial charge in [-0.05, 0) is 49.3 Å². The highest BCUT2D eigenvalue weighted by molar-refractivity contribution is 6.00. The molecule has 1 saturated carbocycles. The third kappa shape index (κ3) is 2.13. The van der Waals surface area contributed by atoms with E-state index in [4.69, 9.17) is 0 Å². The van der Waals surface area contributed by atoms with Crippen molar-refractivity contribution in [2.75, 3.05) is 7.05 Å². The summed E-state index contributed by atoms with van der Waals surface area (Å²) >= 11 is 0. The summed E-state index contributed by atoms with van der Waals surface area (Å²) in [5.41, 5.74) is -0.135. The van der Waals surface area contributed by atoms with Gasteiger partial charge in [-0.15, -0.1) is 0 Å². The fraction of sp³-hybridized carbons (Fsp3) is 0.588. The van der Waals surface area contributed by atoms with Crippen LogP contribution in [0.15, 0.2) is 18.2 Å². The van der Waals surface area contributed by atoms with Crippen molar-refractivity contribution < 1.29 is 18.0 Å².